The predicted octanol–water partition coefficient (Wildman–Crippen LogP) is 8.96. The van der Waals surface area contributed by atoms with Crippen LogP contribution in [0.4, 0.5) is 27.2 Å². The second-order valence-corrected chi connectivity index (χ2v) is 18.5. The Morgan fingerprint density at radius 3 is 1.97 bits per heavy atom. The number of amides is 4. The van der Waals surface area contributed by atoms with Crippen LogP contribution in [-0.4, -0.2) is 92.6 Å². The predicted molar refractivity (Wildman–Crippen MR) is 235 cm³/mol. The van der Waals surface area contributed by atoms with Crippen molar-refractivity contribution in [3.05, 3.63) is 83.6 Å². The first-order valence-corrected chi connectivity index (χ1v) is 22.3. The van der Waals surface area contributed by atoms with Crippen LogP contribution < -0.4 is 10.6 Å². The summed E-state index contributed by atoms with van der Waals surface area (Å²) in [5, 5.41) is 5.29. The molecule has 0 spiro atoms. The molecule has 4 N–H and O–H groups in total. The fourth-order valence-electron chi connectivity index (χ4n) is 10.5. The van der Waals surface area contributed by atoms with Crippen LogP contribution in [0.3, 0.4) is 0 Å². The Morgan fingerprint density at radius 2 is 1.33 bits per heavy atom. The Balaban J connectivity index is 0.986. The first-order chi connectivity index (χ1) is 31.4. The summed E-state index contributed by atoms with van der Waals surface area (Å²) >= 11 is 0. The number of methoxy groups -OCH3 is 2. The first-order valence-electron chi connectivity index (χ1n) is 22.3. The molecule has 2 bridgehead atoms. The molecule has 5 aromatic rings. The molecular formula is C48H52F4N8O6. The molecule has 3 fully saturated rings. The van der Waals surface area contributed by atoms with Crippen molar-refractivity contribution < 1.29 is 46.2 Å². The van der Waals surface area contributed by atoms with Crippen LogP contribution in [0.1, 0.15) is 94.7 Å². The molecule has 0 radical (unpaired) electrons. The molecule has 2 saturated heterocycles. The molecule has 2 aliphatic heterocycles. The van der Waals surface area contributed by atoms with Gasteiger partial charge in [-0.2, -0.15) is 17.6 Å². The number of carbonyl (C=O) groups excluding carboxylic acids is 4. The molecule has 4 aliphatic rings. The highest BCUT2D eigenvalue weighted by Gasteiger charge is 2.63. The maximum Gasteiger partial charge on any atom is 0.407 e. The minimum absolute atomic E-state index is 0.0169. The van der Waals surface area contributed by atoms with Gasteiger partial charge in [0.15, 0.2) is 0 Å². The van der Waals surface area contributed by atoms with E-state index in [0.29, 0.717) is 58.9 Å². The fourth-order valence-corrected chi connectivity index (χ4v) is 10.5. The highest BCUT2D eigenvalue weighted by molar-refractivity contribution is 5.89. The molecule has 6 atom stereocenters. The summed E-state index contributed by atoms with van der Waals surface area (Å²) < 4.78 is 74.7. The normalized spacial score (nSPS) is 22.3. The number of alkyl halides is 4. The van der Waals surface area contributed by atoms with Gasteiger partial charge in [-0.25, -0.2) is 19.6 Å². The second-order valence-electron chi connectivity index (χ2n) is 18.5. The molecule has 9 rings (SSSR count). The van der Waals surface area contributed by atoms with Crippen LogP contribution in [0.15, 0.2) is 60.8 Å². The number of nitrogens with zero attached hydrogens (tertiary/aromatic N) is 4. The van der Waals surface area contributed by atoms with Gasteiger partial charge in [-0.15, -0.1) is 0 Å². The third-order valence-electron chi connectivity index (χ3n) is 13.9. The van der Waals surface area contributed by atoms with Gasteiger partial charge in [0.1, 0.15) is 23.7 Å². The number of nitrogens with one attached hydrogen (secondary N) is 4. The summed E-state index contributed by atoms with van der Waals surface area (Å²) in [6.45, 7) is 7.72. The van der Waals surface area contributed by atoms with Crippen LogP contribution in [0.25, 0.3) is 44.5 Å². The standard InChI is InChI=1S/C48H52F4N8O6/c1-23(2)38(57-45(63)65-5)43(61)59-17-7-8-37(59)41-53-22-36(56-41)27-11-15-31-30-14-10-25(19-32(30)47(49,50)48(51,52)33(31)20-27)26-12-16-34-35(21-26)55-42(54-34)40-28-9-13-29(18-28)60(40)44(62)39(24(3)4)58-46(64)66-6/h10-12,14-16,19-24,28-29,37-40H,7-9,13,17-18H2,1-6H3,(H,53,56)(H,54,55)(H,57,63)(H,58,64)/t28-,29+,37-,38-,39-,40-/m0/s1. The number of carbonyl (C=O) groups is 4. The summed E-state index contributed by atoms with van der Waals surface area (Å²) in [5.41, 5.74) is 0.832. The van der Waals surface area contributed by atoms with E-state index in [-0.39, 0.29) is 58.3 Å². The maximum atomic E-state index is 16.3. The lowest BCUT2D eigenvalue weighted by Gasteiger charge is -2.37. The number of alkyl carbamates (subject to hydrolysis) is 2. The highest BCUT2D eigenvalue weighted by atomic mass is 19.3. The van der Waals surface area contributed by atoms with Crippen LogP contribution in [0, 0.1) is 17.8 Å². The number of imidazole rings is 2. The molecule has 1 saturated carbocycles. The number of hydrogen-bond donors (Lipinski definition) is 4. The van der Waals surface area contributed by atoms with Crippen molar-refractivity contribution in [3.63, 3.8) is 0 Å². The topological polar surface area (TPSA) is 175 Å². The van der Waals surface area contributed by atoms with E-state index in [1.54, 1.807) is 49.1 Å². The Labute approximate surface area is 378 Å². The number of aromatic nitrogens is 4. The lowest BCUT2D eigenvalue weighted by molar-refractivity contribution is -0.225. The van der Waals surface area contributed by atoms with E-state index in [0.717, 1.165) is 31.4 Å². The zero-order chi connectivity index (χ0) is 47.0. The van der Waals surface area contributed by atoms with Crippen LogP contribution in [-0.2, 0) is 30.9 Å². The number of aromatic amines is 2. The quantitative estimate of drug-likeness (QED) is 0.101. The smallest absolute Gasteiger partial charge is 0.407 e. The molecule has 0 unspecified atom stereocenters. The Bertz CT molecular complexity index is 2740. The molecule has 348 valence electrons. The average molecular weight is 913 g/mol. The molecule has 4 heterocycles. The maximum absolute atomic E-state index is 16.3. The van der Waals surface area contributed by atoms with Gasteiger partial charge >= 0.3 is 24.0 Å². The number of likely N-dealkylation sites (tertiary alicyclic amines) is 2. The lowest BCUT2D eigenvalue weighted by atomic mass is 9.78. The number of halogens is 4. The minimum atomic E-state index is -4.59. The highest BCUT2D eigenvalue weighted by Crippen LogP contribution is 2.59. The number of rotatable bonds is 10. The molecule has 4 amide bonds. The van der Waals surface area contributed by atoms with E-state index >= 15 is 17.6 Å². The zero-order valence-corrected chi connectivity index (χ0v) is 37.4. The molecule has 18 heteroatoms. The summed E-state index contributed by atoms with van der Waals surface area (Å²) in [6.07, 6.45) is 3.77. The Kier molecular flexibility index (Phi) is 11.4. The van der Waals surface area contributed by atoms with E-state index in [9.17, 15) is 19.2 Å². The molecule has 14 nitrogen and oxygen atoms in total. The van der Waals surface area contributed by atoms with Crippen molar-refractivity contribution in [3.8, 4) is 33.5 Å². The van der Waals surface area contributed by atoms with Gasteiger partial charge in [-0.3, -0.25) is 9.59 Å². The van der Waals surface area contributed by atoms with Gasteiger partial charge in [0, 0.05) is 29.3 Å². The van der Waals surface area contributed by atoms with Gasteiger partial charge in [0.05, 0.1) is 49.2 Å². The van der Waals surface area contributed by atoms with Gasteiger partial charge in [-0.05, 0) is 96.4 Å². The van der Waals surface area contributed by atoms with Crippen molar-refractivity contribution in [2.45, 2.75) is 102 Å². The van der Waals surface area contributed by atoms with Crippen LogP contribution >= 0.6 is 0 Å². The average Bonchev–Trinajstić information content (AvgIpc) is 4.17. The largest absolute Gasteiger partial charge is 0.453 e. The number of benzene rings is 3. The van der Waals surface area contributed by atoms with E-state index in [4.69, 9.17) is 14.5 Å². The van der Waals surface area contributed by atoms with Crippen molar-refractivity contribution in [2.75, 3.05) is 20.8 Å². The summed E-state index contributed by atoms with van der Waals surface area (Å²) in [7, 11) is 2.46. The minimum Gasteiger partial charge on any atom is -0.453 e. The summed E-state index contributed by atoms with van der Waals surface area (Å²) in [6, 6.07) is 10.9. The van der Waals surface area contributed by atoms with Crippen LogP contribution in [0.5, 0.6) is 0 Å². The molecule has 2 aromatic heterocycles. The van der Waals surface area contributed by atoms with E-state index in [1.807, 2.05) is 18.7 Å². The van der Waals surface area contributed by atoms with Gasteiger partial charge < -0.3 is 39.9 Å². The van der Waals surface area contributed by atoms with Gasteiger partial charge in [0.25, 0.3) is 0 Å². The fraction of sp³-hybridized carbons (Fsp3) is 0.458. The van der Waals surface area contributed by atoms with E-state index in [2.05, 4.69) is 25.6 Å². The summed E-state index contributed by atoms with van der Waals surface area (Å²) in [4.78, 5) is 71.2. The number of hydrogen-bond acceptors (Lipinski definition) is 8. The Hall–Kier alpha value is -6.46. The third kappa shape index (κ3) is 7.41. The van der Waals surface area contributed by atoms with Crippen molar-refractivity contribution in [2.24, 2.45) is 17.8 Å². The van der Waals surface area contributed by atoms with Crippen LogP contribution in [0.2, 0.25) is 0 Å². The monoisotopic (exact) mass is 912 g/mol. The lowest BCUT2D eigenvalue weighted by Crippen LogP contribution is -2.54. The Morgan fingerprint density at radius 1 is 0.742 bits per heavy atom. The van der Waals surface area contributed by atoms with Crippen molar-refractivity contribution in [1.82, 2.24) is 40.4 Å². The molecule has 2 aliphatic carbocycles. The molecular weight excluding hydrogens is 861 g/mol. The third-order valence-corrected chi connectivity index (χ3v) is 13.9. The first kappa shape index (κ1) is 44.7. The van der Waals surface area contributed by atoms with E-state index in [1.165, 1.54) is 32.5 Å². The second kappa shape index (κ2) is 16.8. The van der Waals surface area contributed by atoms with Crippen molar-refractivity contribution in [1.29, 1.82) is 0 Å². The van der Waals surface area contributed by atoms with E-state index < -0.39 is 53.3 Å². The zero-order valence-electron chi connectivity index (χ0n) is 37.4. The van der Waals surface area contributed by atoms with Gasteiger partial charge in [-0.1, -0.05) is 58.0 Å². The molecule has 66 heavy (non-hydrogen) atoms. The number of piperidine rings is 1. The number of H-pyrrole nitrogens is 2. The number of fused-ring (bicyclic) bond motifs is 6. The number of ether oxygens (including phenoxy) is 2. The SMILES string of the molecule is COC(=O)N[C@H](C(=O)N1CCC[C@H]1c1ncc(-c2ccc3c(c2)C(F)(F)C(F)(F)c2cc(-c4ccc5nc([C@@H]6[C@H]7CC[C@H](C7)N6C(=O)[C@@H](NC(=O)OC)C(C)C)[nH]c5c4)ccc2-3)[nH]1)C(C)C. The molecule has 3 aromatic carbocycles. The summed E-state index contributed by atoms with van der Waals surface area (Å²) in [5.74, 6) is -9.04. The van der Waals surface area contributed by atoms with Gasteiger partial charge in [0.2, 0.25) is 11.8 Å². The van der Waals surface area contributed by atoms with Crippen molar-refractivity contribution >= 4 is 35.0 Å².